The Balaban J connectivity index is 0.000000780. The third kappa shape index (κ3) is 9.74. The zero-order valence-corrected chi connectivity index (χ0v) is 34.0. The normalized spacial score (nSPS) is 15.3. The number of carbonyl (C=O) groups is 1. The van der Waals surface area contributed by atoms with E-state index >= 15 is 0 Å². The molecule has 5 rings (SSSR count). The van der Waals surface area contributed by atoms with Crippen LogP contribution in [0.25, 0.3) is 17.1 Å². The number of rotatable bonds is 5. The van der Waals surface area contributed by atoms with Gasteiger partial charge in [0.15, 0.2) is 10.8 Å². The molecule has 0 saturated carbocycles. The minimum absolute atomic E-state index is 0. The van der Waals surface area contributed by atoms with Crippen molar-refractivity contribution in [1.29, 1.82) is 0 Å². The van der Waals surface area contributed by atoms with Crippen molar-refractivity contribution in [2.75, 3.05) is 5.32 Å². The van der Waals surface area contributed by atoms with Crippen LogP contribution in [0.2, 0.25) is 5.15 Å². The number of H-pyrrole nitrogens is 1. The number of nitrogens with zero attached hydrogens (tertiary/aromatic N) is 4. The van der Waals surface area contributed by atoms with Crippen LogP contribution in [-0.2, 0) is 10.2 Å². The number of alkyl halides is 3. The molecule has 1 aliphatic carbocycles. The molecule has 14 heteroatoms. The van der Waals surface area contributed by atoms with E-state index in [0.29, 0.717) is 17.6 Å². The van der Waals surface area contributed by atoms with Gasteiger partial charge in [-0.2, -0.15) is 5.10 Å². The van der Waals surface area contributed by atoms with Crippen LogP contribution in [0, 0.1) is 7.43 Å². The van der Waals surface area contributed by atoms with Crippen LogP contribution in [-0.4, -0.2) is 35.9 Å². The summed E-state index contributed by atoms with van der Waals surface area (Å²) in [5.74, 6) is -1.50. The minimum Gasteiger partial charge on any atom is -0.444 e. The molecule has 2 N–H and O–H groups in total. The number of anilines is 1. The largest absolute Gasteiger partial charge is 1.00 e. The van der Waals surface area contributed by atoms with Gasteiger partial charge >= 0.3 is 68.9 Å². The Kier molecular flexibility index (Phi) is 16.6. The number of halogens is 4. The first-order chi connectivity index (χ1) is 19.8. The molecule has 2 unspecified atom stereocenters. The molecule has 4 aromatic rings. The van der Waals surface area contributed by atoms with Crippen LogP contribution in [0.1, 0.15) is 83.5 Å². The van der Waals surface area contributed by atoms with Gasteiger partial charge in [-0.05, 0) is 26.3 Å². The molecule has 0 bridgehead atoms. The van der Waals surface area contributed by atoms with E-state index in [9.17, 15) is 18.4 Å². The Morgan fingerprint density at radius 1 is 1.30 bits per heavy atom. The van der Waals surface area contributed by atoms with E-state index in [1.54, 1.807) is 16.8 Å². The number of fused-ring (bicyclic) bond motifs is 3. The van der Waals surface area contributed by atoms with Crippen LogP contribution >= 0.6 is 23.2 Å². The monoisotopic (exact) mass is 770 g/mol. The van der Waals surface area contributed by atoms with E-state index in [4.69, 9.17) is 27.6 Å². The van der Waals surface area contributed by atoms with Crippen LogP contribution in [0.4, 0.5) is 14.6 Å². The fraction of sp³-hybridized carbons (Fsp3) is 0.400. The van der Waals surface area contributed by atoms with Crippen LogP contribution in [0.15, 0.2) is 52.2 Å². The minimum atomic E-state index is -2.99. The number of hydrogen-bond acceptors (Lipinski definition) is 6. The number of amides is 1. The molecule has 1 aliphatic rings. The molecule has 0 spiro atoms. The number of allylic oxidation sites excluding steroid dienone is 2. The summed E-state index contributed by atoms with van der Waals surface area (Å²) in [7, 11) is 0. The number of nitrogens with one attached hydrogen (secondary N) is 2. The zero-order chi connectivity index (χ0) is 31.2. The van der Waals surface area contributed by atoms with Gasteiger partial charge in [-0.1, -0.05) is 57.9 Å². The van der Waals surface area contributed by atoms with Crippen LogP contribution < -0.4 is 79.8 Å². The summed E-state index contributed by atoms with van der Waals surface area (Å²) < 4.78 is 34.0. The molecule has 0 saturated heterocycles. The summed E-state index contributed by atoms with van der Waals surface area (Å²) in [5.41, 5.74) is -0.281. The molecule has 9 nitrogen and oxygen atoms in total. The summed E-state index contributed by atoms with van der Waals surface area (Å²) in [6.45, 7) is 12.1. The average Bonchev–Trinajstić information content (AvgIpc) is 3.61. The summed E-state index contributed by atoms with van der Waals surface area (Å²) in [6.07, 6.45) is 6.58. The van der Waals surface area contributed by atoms with Crippen molar-refractivity contribution >= 4 is 40.6 Å². The summed E-state index contributed by atoms with van der Waals surface area (Å²) in [5, 5.41) is 7.31. The predicted molar refractivity (Wildman–Crippen MR) is 167 cm³/mol. The first-order valence-corrected chi connectivity index (χ1v) is 14.2. The van der Waals surface area contributed by atoms with E-state index in [0.717, 1.165) is 11.8 Å². The Morgan fingerprint density at radius 2 is 1.95 bits per heavy atom. The standard InChI is InChI=1S/C21H17ClF2N6O3.C5H9Cl.C3H8.CH3.Cs/c1-21(2)7-10(11-8-26-14-6-12(22)29-30(14)16(11)21)18(31)27-13-5-9(17(23)24)15(19(32)28-13)20-25-3-4-33-20;1-3-4-5(2)6;1-3-2;;/h3-6,8,10,17H,7H2,1-2H3,(H2,27,28,31,32);3-5H,1-2H3;3H2,1-2H3;1H3;/q;;;-1;+1/b;4-3+;;;. The molecule has 4 aromatic heterocycles. The molecule has 0 radical (unpaired) electrons. The van der Waals surface area contributed by atoms with Gasteiger partial charge in [0.25, 0.3) is 12.0 Å². The maximum absolute atomic E-state index is 13.7. The Bertz CT molecular complexity index is 1600. The molecule has 4 heterocycles. The van der Waals surface area contributed by atoms with Crippen molar-refractivity contribution in [2.24, 2.45) is 0 Å². The maximum atomic E-state index is 13.7. The fourth-order valence-electron chi connectivity index (χ4n) is 4.67. The van der Waals surface area contributed by atoms with Crippen molar-refractivity contribution in [1.82, 2.24) is 24.6 Å². The molecular formula is C30H37Cl2CsF2N6O3. The zero-order valence-electron chi connectivity index (χ0n) is 26.2. The number of oxazole rings is 1. The van der Waals surface area contributed by atoms with Gasteiger partial charge in [-0.3, -0.25) is 9.59 Å². The quantitative estimate of drug-likeness (QED) is 0.165. The van der Waals surface area contributed by atoms with Crippen LogP contribution in [0.5, 0.6) is 0 Å². The molecule has 234 valence electrons. The second-order valence-corrected chi connectivity index (χ2v) is 11.4. The molecule has 44 heavy (non-hydrogen) atoms. The second kappa shape index (κ2) is 18.0. The second-order valence-electron chi connectivity index (χ2n) is 10.3. The van der Waals surface area contributed by atoms with Crippen molar-refractivity contribution in [3.05, 3.63) is 82.7 Å². The molecule has 1 amide bonds. The molecular weight excluding hydrogens is 734 g/mol. The average molecular weight is 771 g/mol. The van der Waals surface area contributed by atoms with Crippen molar-refractivity contribution in [2.45, 2.75) is 77.5 Å². The first-order valence-electron chi connectivity index (χ1n) is 13.4. The summed E-state index contributed by atoms with van der Waals surface area (Å²) in [6, 6.07) is 2.64. The van der Waals surface area contributed by atoms with E-state index in [1.165, 1.54) is 18.9 Å². The van der Waals surface area contributed by atoms with E-state index in [1.807, 2.05) is 39.8 Å². The molecule has 0 aromatic carbocycles. The van der Waals surface area contributed by atoms with E-state index < -0.39 is 34.8 Å². The smallest absolute Gasteiger partial charge is 0.444 e. The fourth-order valence-corrected chi connectivity index (χ4v) is 4.99. The van der Waals surface area contributed by atoms with Gasteiger partial charge in [0.05, 0.1) is 17.8 Å². The van der Waals surface area contributed by atoms with Crippen LogP contribution in [0.3, 0.4) is 0 Å². The maximum Gasteiger partial charge on any atom is 1.00 e. The van der Waals surface area contributed by atoms with Crippen molar-refractivity contribution in [3.63, 3.8) is 0 Å². The van der Waals surface area contributed by atoms with E-state index in [2.05, 4.69) is 39.2 Å². The van der Waals surface area contributed by atoms with Crippen molar-refractivity contribution < 1.29 is 86.9 Å². The Morgan fingerprint density at radius 3 is 2.48 bits per heavy atom. The van der Waals surface area contributed by atoms with Gasteiger partial charge in [0.1, 0.15) is 17.6 Å². The van der Waals surface area contributed by atoms with E-state index in [-0.39, 0.29) is 104 Å². The number of pyridine rings is 1. The number of hydrogen-bond donors (Lipinski definition) is 2. The topological polar surface area (TPSA) is 118 Å². The summed E-state index contributed by atoms with van der Waals surface area (Å²) in [4.78, 5) is 36.3. The third-order valence-electron chi connectivity index (χ3n) is 6.19. The van der Waals surface area contributed by atoms with Gasteiger partial charge < -0.3 is 22.1 Å². The molecule has 0 fully saturated rings. The summed E-state index contributed by atoms with van der Waals surface area (Å²) >= 11 is 11.5. The molecule has 2 atom stereocenters. The molecule has 0 aliphatic heterocycles. The number of carbonyl (C=O) groups excluding carboxylic acids is 1. The predicted octanol–water partition coefficient (Wildman–Crippen LogP) is 5.13. The first kappa shape index (κ1) is 40.5. The Labute approximate surface area is 325 Å². The number of aromatic nitrogens is 5. The van der Waals surface area contributed by atoms with Gasteiger partial charge in [0, 0.05) is 34.2 Å². The van der Waals surface area contributed by atoms with Gasteiger partial charge in [0.2, 0.25) is 11.8 Å². The Hall–Kier alpha value is -1.52. The van der Waals surface area contributed by atoms with Crippen molar-refractivity contribution in [3.8, 4) is 11.5 Å². The van der Waals surface area contributed by atoms with Gasteiger partial charge in [-0.15, -0.1) is 11.6 Å². The van der Waals surface area contributed by atoms with Gasteiger partial charge in [-0.25, -0.2) is 23.3 Å². The third-order valence-corrected chi connectivity index (χ3v) is 6.52. The SMILES string of the molecule is C/C=C/C(C)Cl.CC1(C)CC(C(=O)Nc2cc(C(F)F)c(-c3ncco3)c(=O)[nH]2)c2cnc3cc(Cl)nn3c21.CCC.[CH3-].[Cs+]. The number of aromatic amines is 1.